The molecule has 0 amide bonds. The number of hydrazine groups is 1. The van der Waals surface area contributed by atoms with Crippen LogP contribution in [-0.2, 0) is 6.42 Å². The molecular formula is C11H16N2S. The van der Waals surface area contributed by atoms with Crippen molar-refractivity contribution in [2.75, 3.05) is 0 Å². The fraction of sp³-hybridized carbons (Fsp3) is 0.455. The SMILES string of the molecule is CCC(NN)C1Cc2ccccc2S1. The molecule has 1 aliphatic heterocycles. The minimum absolute atomic E-state index is 0.424. The predicted octanol–water partition coefficient (Wildman–Crippen LogP) is 1.95. The summed E-state index contributed by atoms with van der Waals surface area (Å²) in [5.41, 5.74) is 4.38. The monoisotopic (exact) mass is 208 g/mol. The lowest BCUT2D eigenvalue weighted by atomic mass is 10.0. The molecular weight excluding hydrogens is 192 g/mol. The van der Waals surface area contributed by atoms with Crippen molar-refractivity contribution in [3.63, 3.8) is 0 Å². The number of thioether (sulfide) groups is 1. The van der Waals surface area contributed by atoms with Gasteiger partial charge < -0.3 is 0 Å². The van der Waals surface area contributed by atoms with Crippen molar-refractivity contribution in [3.05, 3.63) is 29.8 Å². The lowest BCUT2D eigenvalue weighted by molar-refractivity contribution is 0.496. The second-order valence-electron chi connectivity index (χ2n) is 3.65. The molecule has 0 bridgehead atoms. The topological polar surface area (TPSA) is 38.0 Å². The Morgan fingerprint density at radius 1 is 1.57 bits per heavy atom. The molecule has 0 saturated carbocycles. The lowest BCUT2D eigenvalue weighted by Crippen LogP contribution is -2.41. The summed E-state index contributed by atoms with van der Waals surface area (Å²) in [4.78, 5) is 1.42. The normalized spacial score (nSPS) is 22.0. The summed E-state index contributed by atoms with van der Waals surface area (Å²) in [6.45, 7) is 2.17. The van der Waals surface area contributed by atoms with Crippen LogP contribution in [0.25, 0.3) is 0 Å². The molecule has 1 aliphatic rings. The number of nitrogens with two attached hydrogens (primary N) is 1. The molecule has 76 valence electrons. The third kappa shape index (κ3) is 1.80. The zero-order valence-corrected chi connectivity index (χ0v) is 9.18. The Hall–Kier alpha value is -0.510. The smallest absolute Gasteiger partial charge is 0.0333 e. The van der Waals surface area contributed by atoms with Crippen LogP contribution in [0.5, 0.6) is 0 Å². The average molecular weight is 208 g/mol. The highest BCUT2D eigenvalue weighted by Gasteiger charge is 2.27. The first-order valence-electron chi connectivity index (χ1n) is 5.06. The summed E-state index contributed by atoms with van der Waals surface area (Å²) in [5.74, 6) is 5.53. The molecule has 3 heteroatoms. The van der Waals surface area contributed by atoms with E-state index in [2.05, 4.69) is 36.6 Å². The van der Waals surface area contributed by atoms with Gasteiger partial charge in [0, 0.05) is 16.2 Å². The van der Waals surface area contributed by atoms with Gasteiger partial charge in [-0.25, -0.2) is 0 Å². The van der Waals surface area contributed by atoms with Crippen LogP contribution in [0.1, 0.15) is 18.9 Å². The zero-order chi connectivity index (χ0) is 9.97. The van der Waals surface area contributed by atoms with Crippen molar-refractivity contribution in [1.82, 2.24) is 5.43 Å². The summed E-state index contributed by atoms with van der Waals surface area (Å²) in [5, 5.41) is 0.599. The van der Waals surface area contributed by atoms with Crippen molar-refractivity contribution in [2.45, 2.75) is 36.0 Å². The molecule has 14 heavy (non-hydrogen) atoms. The van der Waals surface area contributed by atoms with Crippen LogP contribution in [-0.4, -0.2) is 11.3 Å². The number of hydrogen-bond donors (Lipinski definition) is 2. The molecule has 2 rings (SSSR count). The van der Waals surface area contributed by atoms with Gasteiger partial charge in [-0.3, -0.25) is 11.3 Å². The minimum atomic E-state index is 0.424. The second kappa shape index (κ2) is 4.34. The Morgan fingerprint density at radius 3 is 3.00 bits per heavy atom. The van der Waals surface area contributed by atoms with E-state index < -0.39 is 0 Å². The Labute approximate surface area is 89.2 Å². The van der Waals surface area contributed by atoms with Crippen LogP contribution < -0.4 is 11.3 Å². The molecule has 2 nitrogen and oxygen atoms in total. The number of fused-ring (bicyclic) bond motifs is 1. The Kier molecular flexibility index (Phi) is 3.11. The van der Waals surface area contributed by atoms with E-state index in [0.717, 1.165) is 12.8 Å². The van der Waals surface area contributed by atoms with Crippen LogP contribution in [0.4, 0.5) is 0 Å². The van der Waals surface area contributed by atoms with Gasteiger partial charge in [-0.15, -0.1) is 11.8 Å². The molecule has 2 atom stereocenters. The van der Waals surface area contributed by atoms with E-state index >= 15 is 0 Å². The zero-order valence-electron chi connectivity index (χ0n) is 8.36. The molecule has 0 aromatic heterocycles. The Morgan fingerprint density at radius 2 is 2.36 bits per heavy atom. The highest BCUT2D eigenvalue weighted by atomic mass is 32.2. The highest BCUT2D eigenvalue weighted by molar-refractivity contribution is 8.00. The van der Waals surface area contributed by atoms with Crippen LogP contribution in [0.3, 0.4) is 0 Å². The van der Waals surface area contributed by atoms with Crippen LogP contribution >= 0.6 is 11.8 Å². The third-order valence-corrected chi connectivity index (χ3v) is 4.22. The molecule has 0 spiro atoms. The van der Waals surface area contributed by atoms with Gasteiger partial charge in [0.2, 0.25) is 0 Å². The fourth-order valence-electron chi connectivity index (χ4n) is 1.92. The third-order valence-electron chi connectivity index (χ3n) is 2.77. The number of nitrogens with one attached hydrogen (secondary N) is 1. The molecule has 0 aliphatic carbocycles. The summed E-state index contributed by atoms with van der Waals surface area (Å²) < 4.78 is 0. The van der Waals surface area contributed by atoms with Gasteiger partial charge in [0.25, 0.3) is 0 Å². The average Bonchev–Trinajstić information content (AvgIpc) is 2.63. The van der Waals surface area contributed by atoms with Gasteiger partial charge in [0.15, 0.2) is 0 Å². The van der Waals surface area contributed by atoms with E-state index in [1.807, 2.05) is 11.8 Å². The summed E-state index contributed by atoms with van der Waals surface area (Å²) in [7, 11) is 0. The van der Waals surface area contributed by atoms with E-state index in [0.29, 0.717) is 11.3 Å². The number of rotatable bonds is 3. The van der Waals surface area contributed by atoms with E-state index in [1.165, 1.54) is 10.5 Å². The van der Waals surface area contributed by atoms with Crippen molar-refractivity contribution in [1.29, 1.82) is 0 Å². The van der Waals surface area contributed by atoms with Gasteiger partial charge in [0.05, 0.1) is 0 Å². The minimum Gasteiger partial charge on any atom is -0.271 e. The second-order valence-corrected chi connectivity index (χ2v) is 4.93. The maximum absolute atomic E-state index is 5.53. The van der Waals surface area contributed by atoms with Crippen molar-refractivity contribution in [2.24, 2.45) is 5.84 Å². The number of benzene rings is 1. The van der Waals surface area contributed by atoms with Crippen molar-refractivity contribution in [3.8, 4) is 0 Å². The van der Waals surface area contributed by atoms with Crippen LogP contribution in [0.15, 0.2) is 29.2 Å². The van der Waals surface area contributed by atoms with Crippen molar-refractivity contribution >= 4 is 11.8 Å². The molecule has 3 N–H and O–H groups in total. The van der Waals surface area contributed by atoms with E-state index in [-0.39, 0.29) is 0 Å². The van der Waals surface area contributed by atoms with Gasteiger partial charge in [-0.2, -0.15) is 0 Å². The molecule has 2 unspecified atom stereocenters. The van der Waals surface area contributed by atoms with Gasteiger partial charge >= 0.3 is 0 Å². The van der Waals surface area contributed by atoms with Crippen LogP contribution in [0.2, 0.25) is 0 Å². The van der Waals surface area contributed by atoms with E-state index in [4.69, 9.17) is 5.84 Å². The molecule has 0 radical (unpaired) electrons. The summed E-state index contributed by atoms with van der Waals surface area (Å²) >= 11 is 1.95. The molecule has 1 aromatic carbocycles. The Balaban J connectivity index is 2.11. The maximum atomic E-state index is 5.53. The largest absolute Gasteiger partial charge is 0.271 e. The lowest BCUT2D eigenvalue weighted by Gasteiger charge is -2.19. The summed E-state index contributed by atoms with van der Waals surface area (Å²) in [6.07, 6.45) is 2.23. The molecule has 1 aromatic rings. The number of hydrogen-bond acceptors (Lipinski definition) is 3. The van der Waals surface area contributed by atoms with Crippen LogP contribution in [0, 0.1) is 0 Å². The van der Waals surface area contributed by atoms with Crippen molar-refractivity contribution < 1.29 is 0 Å². The summed E-state index contributed by atoms with van der Waals surface area (Å²) in [6, 6.07) is 9.05. The molecule has 1 heterocycles. The van der Waals surface area contributed by atoms with E-state index in [1.54, 1.807) is 0 Å². The fourth-order valence-corrected chi connectivity index (χ4v) is 3.41. The Bertz CT molecular complexity index is 285. The quantitative estimate of drug-likeness (QED) is 0.589. The standard InChI is InChI=1S/C11H16N2S/c1-2-9(13-12)11-7-8-5-3-4-6-10(8)14-11/h3-6,9,11,13H,2,7,12H2,1H3. The van der Waals surface area contributed by atoms with Gasteiger partial charge in [0.1, 0.15) is 0 Å². The first-order valence-corrected chi connectivity index (χ1v) is 5.93. The first-order chi connectivity index (χ1) is 6.85. The van der Waals surface area contributed by atoms with Gasteiger partial charge in [-0.1, -0.05) is 25.1 Å². The molecule has 0 saturated heterocycles. The maximum Gasteiger partial charge on any atom is 0.0333 e. The van der Waals surface area contributed by atoms with Gasteiger partial charge in [-0.05, 0) is 24.5 Å². The highest BCUT2D eigenvalue weighted by Crippen LogP contribution is 2.38. The first kappa shape index (κ1) is 10.0. The van der Waals surface area contributed by atoms with E-state index in [9.17, 15) is 0 Å². The molecule has 0 fully saturated rings. The predicted molar refractivity (Wildman–Crippen MR) is 61.2 cm³/mol.